The molecule has 1 aromatic carbocycles. The molecule has 0 radical (unpaired) electrons. The van der Waals surface area contributed by atoms with Gasteiger partial charge in [0.25, 0.3) is 0 Å². The maximum atomic E-state index is 13.4. The van der Waals surface area contributed by atoms with E-state index in [1.165, 1.54) is 21.9 Å². The summed E-state index contributed by atoms with van der Waals surface area (Å²) in [7, 11) is 3.88. The van der Waals surface area contributed by atoms with Crippen LogP contribution in [-0.2, 0) is 11.3 Å². The number of hydrogen-bond donors (Lipinski definition) is 2. The molecular weight excluding hydrogens is 311 g/mol. The molecule has 7 nitrogen and oxygen atoms in total. The first-order valence-electron chi connectivity index (χ1n) is 8.35. The molecule has 8 heteroatoms. The van der Waals surface area contributed by atoms with Crippen molar-refractivity contribution in [1.29, 1.82) is 0 Å². The first-order chi connectivity index (χ1) is 11.7. The number of likely N-dealkylation sites (N-methyl/N-ethyl adjacent to an activating group) is 1. The highest BCUT2D eigenvalue weighted by Crippen LogP contribution is 2.17. The molecule has 130 valence electrons. The second-order valence-corrected chi connectivity index (χ2v) is 6.35. The van der Waals surface area contributed by atoms with Crippen LogP contribution in [0, 0.1) is 5.82 Å². The van der Waals surface area contributed by atoms with Crippen LogP contribution in [-0.4, -0.2) is 67.2 Å². The Morgan fingerprint density at radius 3 is 2.58 bits per heavy atom. The summed E-state index contributed by atoms with van der Waals surface area (Å²) in [6, 6.07) is 6.70. The molecule has 0 aliphatic carbocycles. The van der Waals surface area contributed by atoms with Gasteiger partial charge in [0, 0.05) is 12.7 Å². The third kappa shape index (κ3) is 3.77. The summed E-state index contributed by atoms with van der Waals surface area (Å²) in [6.45, 7) is 5.43. The summed E-state index contributed by atoms with van der Waals surface area (Å²) >= 11 is 0. The monoisotopic (exact) mass is 336 g/mol. The van der Waals surface area contributed by atoms with Crippen molar-refractivity contribution < 1.29 is 18.9 Å². The van der Waals surface area contributed by atoms with Crippen molar-refractivity contribution in [3.8, 4) is 0 Å². The molecule has 0 amide bonds. The van der Waals surface area contributed by atoms with Crippen LogP contribution in [0.15, 0.2) is 24.3 Å². The van der Waals surface area contributed by atoms with Crippen molar-refractivity contribution in [2.24, 2.45) is 0 Å². The number of nitrogens with zero attached hydrogens (tertiary/aromatic N) is 4. The molecule has 1 aliphatic heterocycles. The van der Waals surface area contributed by atoms with E-state index in [9.17, 15) is 4.39 Å². The van der Waals surface area contributed by atoms with Gasteiger partial charge in [0.2, 0.25) is 5.82 Å². The fourth-order valence-electron chi connectivity index (χ4n) is 3.26. The normalized spacial score (nSPS) is 22.5. The van der Waals surface area contributed by atoms with Crippen LogP contribution in [0.3, 0.4) is 0 Å². The van der Waals surface area contributed by atoms with Gasteiger partial charge in [0.05, 0.1) is 20.2 Å². The van der Waals surface area contributed by atoms with Gasteiger partial charge in [-0.05, 0) is 34.7 Å². The quantitative estimate of drug-likeness (QED) is 0.638. The number of ether oxygens (including phenoxy) is 1. The second kappa shape index (κ2) is 7.78. The van der Waals surface area contributed by atoms with Crippen LogP contribution in [0.5, 0.6) is 0 Å². The van der Waals surface area contributed by atoms with Crippen LogP contribution in [0.2, 0.25) is 0 Å². The average molecular weight is 336 g/mol. The topological polar surface area (TPSA) is 61.7 Å². The molecule has 0 unspecified atom stereocenters. The zero-order valence-corrected chi connectivity index (χ0v) is 14.2. The molecule has 1 fully saturated rings. The number of halogens is 1. The summed E-state index contributed by atoms with van der Waals surface area (Å²) in [5.41, 5.74) is 1.04. The van der Waals surface area contributed by atoms with Gasteiger partial charge in [-0.2, -0.15) is 0 Å². The van der Waals surface area contributed by atoms with E-state index in [-0.39, 0.29) is 11.9 Å². The number of aromatic nitrogens is 4. The van der Waals surface area contributed by atoms with Crippen molar-refractivity contribution in [1.82, 2.24) is 20.2 Å². The summed E-state index contributed by atoms with van der Waals surface area (Å²) < 4.78 is 20.3. The van der Waals surface area contributed by atoms with Gasteiger partial charge in [-0.25, -0.2) is 9.07 Å². The Morgan fingerprint density at radius 1 is 1.21 bits per heavy atom. The molecule has 2 heterocycles. The largest absolute Gasteiger partial charge is 0.383 e. The molecule has 1 atom stereocenters. The molecule has 24 heavy (non-hydrogen) atoms. The van der Waals surface area contributed by atoms with E-state index < -0.39 is 0 Å². The van der Waals surface area contributed by atoms with Crippen molar-refractivity contribution in [3.63, 3.8) is 0 Å². The smallest absolute Gasteiger partial charge is 0.214 e. The number of nitrogens with one attached hydrogen (secondary N) is 2. The molecule has 0 bridgehead atoms. The maximum Gasteiger partial charge on any atom is 0.214 e. The van der Waals surface area contributed by atoms with E-state index in [4.69, 9.17) is 4.74 Å². The van der Waals surface area contributed by atoms with Gasteiger partial charge in [0.15, 0.2) is 6.04 Å². The predicted octanol–water partition coefficient (Wildman–Crippen LogP) is -2.04. The Kier molecular flexibility index (Phi) is 5.49. The minimum Gasteiger partial charge on any atom is -0.383 e. The van der Waals surface area contributed by atoms with Gasteiger partial charge in [-0.1, -0.05) is 0 Å². The Morgan fingerprint density at radius 2 is 1.92 bits per heavy atom. The Balaban J connectivity index is 1.92. The van der Waals surface area contributed by atoms with Gasteiger partial charge in [0.1, 0.15) is 32.0 Å². The molecule has 0 spiro atoms. The Hall–Kier alpha value is -1.90. The lowest BCUT2D eigenvalue weighted by Crippen LogP contribution is -3.27. The van der Waals surface area contributed by atoms with Crippen molar-refractivity contribution in [3.05, 3.63) is 41.5 Å². The fourth-order valence-corrected chi connectivity index (χ4v) is 3.26. The number of quaternary nitrogens is 2. The van der Waals surface area contributed by atoms with Crippen LogP contribution >= 0.6 is 0 Å². The van der Waals surface area contributed by atoms with E-state index in [2.05, 4.69) is 22.6 Å². The molecular formula is C16H25FN6O+2. The van der Waals surface area contributed by atoms with E-state index in [1.807, 2.05) is 12.1 Å². The average Bonchev–Trinajstić information content (AvgIpc) is 3.05. The van der Waals surface area contributed by atoms with Crippen LogP contribution < -0.4 is 9.80 Å². The molecule has 1 aromatic heterocycles. The lowest BCUT2D eigenvalue weighted by atomic mass is 10.0. The number of methoxy groups -OCH3 is 1. The number of tetrazole rings is 1. The highest BCUT2D eigenvalue weighted by molar-refractivity contribution is 5.23. The Bertz CT molecular complexity index is 638. The standard InChI is InChI=1S/C16H23FN6O/c1-21-7-9-22(10-8-21)15(13-3-5-14(17)6-4-13)16-18-19-20-23(16)11-12-24-2/h3-6,15H,7-12H2,1-2H3/p+2/t15-/m0/s1. The number of benzene rings is 1. The summed E-state index contributed by atoms with van der Waals surface area (Å²) in [6.07, 6.45) is 0. The fraction of sp³-hybridized carbons (Fsp3) is 0.562. The van der Waals surface area contributed by atoms with Crippen molar-refractivity contribution in [2.75, 3.05) is 46.9 Å². The minimum absolute atomic E-state index is 0.00514. The van der Waals surface area contributed by atoms with Crippen molar-refractivity contribution in [2.45, 2.75) is 12.6 Å². The lowest BCUT2D eigenvalue weighted by Gasteiger charge is -2.32. The zero-order valence-electron chi connectivity index (χ0n) is 14.2. The van der Waals surface area contributed by atoms with Crippen LogP contribution in [0.4, 0.5) is 4.39 Å². The van der Waals surface area contributed by atoms with E-state index in [0.29, 0.717) is 13.2 Å². The molecule has 2 aromatic rings. The minimum atomic E-state index is -0.228. The van der Waals surface area contributed by atoms with E-state index in [0.717, 1.165) is 37.6 Å². The van der Waals surface area contributed by atoms with E-state index >= 15 is 0 Å². The molecule has 1 saturated heterocycles. The highest BCUT2D eigenvalue weighted by atomic mass is 19.1. The van der Waals surface area contributed by atoms with Gasteiger partial charge >= 0.3 is 0 Å². The third-order valence-electron chi connectivity index (χ3n) is 4.68. The Labute approximate surface area is 141 Å². The van der Waals surface area contributed by atoms with Crippen LogP contribution in [0.25, 0.3) is 0 Å². The first kappa shape index (κ1) is 16.9. The lowest BCUT2D eigenvalue weighted by molar-refractivity contribution is -1.02. The SMILES string of the molecule is COCCn1nnnc1[C@H](c1ccc(F)cc1)[NH+]1CC[NH+](C)CC1. The number of rotatable bonds is 6. The maximum absolute atomic E-state index is 13.4. The highest BCUT2D eigenvalue weighted by Gasteiger charge is 2.34. The summed E-state index contributed by atoms with van der Waals surface area (Å²) in [4.78, 5) is 2.95. The van der Waals surface area contributed by atoms with E-state index in [1.54, 1.807) is 11.8 Å². The third-order valence-corrected chi connectivity index (χ3v) is 4.68. The zero-order chi connectivity index (χ0) is 16.9. The van der Waals surface area contributed by atoms with Gasteiger partial charge < -0.3 is 14.5 Å². The first-order valence-corrected chi connectivity index (χ1v) is 8.35. The second-order valence-electron chi connectivity index (χ2n) is 6.35. The summed E-state index contributed by atoms with van der Waals surface area (Å²) in [5, 5.41) is 12.3. The predicted molar refractivity (Wildman–Crippen MR) is 85.3 cm³/mol. The van der Waals surface area contributed by atoms with Crippen molar-refractivity contribution >= 4 is 0 Å². The molecule has 3 rings (SSSR count). The van der Waals surface area contributed by atoms with Crippen LogP contribution in [0.1, 0.15) is 17.4 Å². The molecule has 1 aliphatic rings. The van der Waals surface area contributed by atoms with Gasteiger partial charge in [-0.15, -0.1) is 5.10 Å². The van der Waals surface area contributed by atoms with Gasteiger partial charge in [-0.3, -0.25) is 0 Å². The summed E-state index contributed by atoms with van der Waals surface area (Å²) in [5.74, 6) is 0.586. The number of hydrogen-bond acceptors (Lipinski definition) is 4. The number of piperazine rings is 1. The molecule has 0 saturated carbocycles. The molecule has 2 N–H and O–H groups in total.